The highest BCUT2D eigenvalue weighted by Crippen LogP contribution is 2.21. The maximum atomic E-state index is 14.0. The quantitative estimate of drug-likeness (QED) is 0.751. The van der Waals surface area contributed by atoms with Crippen LogP contribution in [-0.2, 0) is 10.0 Å². The number of aryl methyl sites for hydroxylation is 1. The Bertz CT molecular complexity index is 586. The van der Waals surface area contributed by atoms with Crippen LogP contribution in [0.15, 0.2) is 17.0 Å². The van der Waals surface area contributed by atoms with E-state index in [0.717, 1.165) is 19.2 Å². The van der Waals surface area contributed by atoms with E-state index in [1.54, 1.807) is 6.92 Å². The summed E-state index contributed by atoms with van der Waals surface area (Å²) in [6, 6.07) is 2.23. The van der Waals surface area contributed by atoms with Crippen molar-refractivity contribution in [3.8, 4) is 0 Å². The Hall–Kier alpha value is -1.18. The van der Waals surface area contributed by atoms with E-state index in [9.17, 15) is 12.8 Å². The number of nitrogen functional groups attached to an aromatic ring is 1. The maximum Gasteiger partial charge on any atom is 0.243 e. The molecule has 0 aliphatic rings. The zero-order valence-corrected chi connectivity index (χ0v) is 13.8. The fourth-order valence-electron chi connectivity index (χ4n) is 2.19. The summed E-state index contributed by atoms with van der Waals surface area (Å²) in [7, 11) is -3.93. The number of rotatable bonds is 7. The van der Waals surface area contributed by atoms with Gasteiger partial charge in [0.05, 0.1) is 0 Å². The minimum atomic E-state index is -3.93. The van der Waals surface area contributed by atoms with Gasteiger partial charge in [0, 0.05) is 18.3 Å². The van der Waals surface area contributed by atoms with Gasteiger partial charge in [-0.25, -0.2) is 17.5 Å². The molecule has 0 fully saturated rings. The summed E-state index contributed by atoms with van der Waals surface area (Å²) >= 11 is 0. The molecule has 0 amide bonds. The van der Waals surface area contributed by atoms with Gasteiger partial charge in [-0.05, 0) is 44.6 Å². The third-order valence-corrected chi connectivity index (χ3v) is 4.90. The molecule has 0 aliphatic heterocycles. The molecule has 3 N–H and O–H groups in total. The van der Waals surface area contributed by atoms with Crippen LogP contribution in [-0.4, -0.2) is 39.0 Å². The van der Waals surface area contributed by atoms with Crippen molar-refractivity contribution in [2.75, 3.05) is 25.4 Å². The van der Waals surface area contributed by atoms with Crippen LogP contribution >= 0.6 is 0 Å². The number of hydrogen-bond donors (Lipinski definition) is 2. The summed E-state index contributed by atoms with van der Waals surface area (Å²) in [4.78, 5) is 1.69. The number of halogens is 1. The standard InChI is InChI=1S/C14H24FN3O2S/c1-5-18(6-2)9-11(4)17-21(19,20)13-8-12(16)7-10(3)14(13)15/h7-8,11,17H,5-6,9,16H2,1-4H3. The first kappa shape index (κ1) is 17.9. The summed E-state index contributed by atoms with van der Waals surface area (Å²) in [6.45, 7) is 9.48. The molecule has 120 valence electrons. The predicted molar refractivity (Wildman–Crippen MR) is 83.1 cm³/mol. The molecule has 0 spiro atoms. The van der Waals surface area contributed by atoms with Gasteiger partial charge in [0.2, 0.25) is 10.0 Å². The Kier molecular flexibility index (Phi) is 6.12. The van der Waals surface area contributed by atoms with Crippen molar-refractivity contribution in [2.45, 2.75) is 38.6 Å². The number of hydrogen-bond acceptors (Lipinski definition) is 4. The summed E-state index contributed by atoms with van der Waals surface area (Å²) in [6.07, 6.45) is 0. The lowest BCUT2D eigenvalue weighted by Gasteiger charge is -2.23. The molecule has 5 nitrogen and oxygen atoms in total. The monoisotopic (exact) mass is 317 g/mol. The first-order valence-corrected chi connectivity index (χ1v) is 8.49. The van der Waals surface area contributed by atoms with Crippen molar-refractivity contribution in [1.82, 2.24) is 9.62 Å². The molecule has 0 saturated heterocycles. The highest BCUT2D eigenvalue weighted by atomic mass is 32.2. The van der Waals surface area contributed by atoms with Crippen molar-refractivity contribution < 1.29 is 12.8 Å². The van der Waals surface area contributed by atoms with Crippen LogP contribution in [0.4, 0.5) is 10.1 Å². The second-order valence-electron chi connectivity index (χ2n) is 5.16. The Balaban J connectivity index is 2.97. The van der Waals surface area contributed by atoms with Gasteiger partial charge in [0.15, 0.2) is 0 Å². The van der Waals surface area contributed by atoms with Gasteiger partial charge < -0.3 is 10.6 Å². The van der Waals surface area contributed by atoms with Crippen LogP contribution in [0.1, 0.15) is 26.3 Å². The van der Waals surface area contributed by atoms with Gasteiger partial charge in [-0.2, -0.15) is 0 Å². The molecule has 1 aromatic rings. The van der Waals surface area contributed by atoms with Crippen molar-refractivity contribution in [2.24, 2.45) is 0 Å². The molecule has 0 radical (unpaired) electrons. The summed E-state index contributed by atoms with van der Waals surface area (Å²) in [5.74, 6) is -0.758. The largest absolute Gasteiger partial charge is 0.399 e. The highest BCUT2D eigenvalue weighted by molar-refractivity contribution is 7.89. The molecule has 1 aromatic carbocycles. The minimum Gasteiger partial charge on any atom is -0.399 e. The Morgan fingerprint density at radius 1 is 1.33 bits per heavy atom. The highest BCUT2D eigenvalue weighted by Gasteiger charge is 2.23. The SMILES string of the molecule is CCN(CC)CC(C)NS(=O)(=O)c1cc(N)cc(C)c1F. The summed E-state index contributed by atoms with van der Waals surface area (Å²) < 4.78 is 41.1. The first-order valence-electron chi connectivity index (χ1n) is 7.01. The normalized spacial score (nSPS) is 13.6. The lowest BCUT2D eigenvalue weighted by molar-refractivity contribution is 0.282. The lowest BCUT2D eigenvalue weighted by atomic mass is 10.2. The Labute approximate surface area is 126 Å². The number of sulfonamides is 1. The van der Waals surface area contributed by atoms with Crippen molar-refractivity contribution in [1.29, 1.82) is 0 Å². The molecule has 1 rings (SSSR count). The Morgan fingerprint density at radius 3 is 2.43 bits per heavy atom. The predicted octanol–water partition coefficient (Wildman–Crippen LogP) is 1.72. The Morgan fingerprint density at radius 2 is 1.90 bits per heavy atom. The number of anilines is 1. The third kappa shape index (κ3) is 4.66. The number of likely N-dealkylation sites (N-methyl/N-ethyl adjacent to an activating group) is 1. The van der Waals surface area contributed by atoms with Gasteiger partial charge >= 0.3 is 0 Å². The molecule has 1 unspecified atom stereocenters. The molecule has 0 saturated carbocycles. The van der Waals surface area contributed by atoms with Crippen LogP contribution in [0.25, 0.3) is 0 Å². The van der Waals surface area contributed by atoms with E-state index in [1.807, 2.05) is 13.8 Å². The van der Waals surface area contributed by atoms with E-state index >= 15 is 0 Å². The van der Waals surface area contributed by atoms with E-state index in [1.165, 1.54) is 13.0 Å². The number of nitrogens with two attached hydrogens (primary N) is 1. The van der Waals surface area contributed by atoms with Crippen LogP contribution in [0.2, 0.25) is 0 Å². The fourth-order valence-corrected chi connectivity index (χ4v) is 3.61. The van der Waals surface area contributed by atoms with Gasteiger partial charge in [-0.15, -0.1) is 0 Å². The fraction of sp³-hybridized carbons (Fsp3) is 0.571. The van der Waals surface area contributed by atoms with Crippen LogP contribution in [0, 0.1) is 12.7 Å². The van der Waals surface area contributed by atoms with Crippen molar-refractivity contribution in [3.63, 3.8) is 0 Å². The average molecular weight is 317 g/mol. The van der Waals surface area contributed by atoms with E-state index in [-0.39, 0.29) is 17.3 Å². The number of benzene rings is 1. The maximum absolute atomic E-state index is 14.0. The second-order valence-corrected chi connectivity index (χ2v) is 6.84. The van der Waals surface area contributed by atoms with Crippen LogP contribution in [0.5, 0.6) is 0 Å². The van der Waals surface area contributed by atoms with Crippen molar-refractivity contribution in [3.05, 3.63) is 23.5 Å². The molecule has 0 aliphatic carbocycles. The second kappa shape index (κ2) is 7.20. The first-order chi connectivity index (χ1) is 9.71. The lowest BCUT2D eigenvalue weighted by Crippen LogP contribution is -2.42. The summed E-state index contributed by atoms with van der Waals surface area (Å²) in [5, 5.41) is 0. The zero-order chi connectivity index (χ0) is 16.2. The van der Waals surface area contributed by atoms with Gasteiger partial charge in [0.25, 0.3) is 0 Å². The molecule has 1 atom stereocenters. The molecule has 0 bridgehead atoms. The minimum absolute atomic E-state index is 0.215. The van der Waals surface area contributed by atoms with E-state index in [4.69, 9.17) is 5.73 Å². The number of nitrogens with one attached hydrogen (secondary N) is 1. The van der Waals surface area contributed by atoms with Crippen LogP contribution < -0.4 is 10.5 Å². The topological polar surface area (TPSA) is 75.4 Å². The van der Waals surface area contributed by atoms with E-state index in [0.29, 0.717) is 6.54 Å². The van der Waals surface area contributed by atoms with Crippen LogP contribution in [0.3, 0.4) is 0 Å². The van der Waals surface area contributed by atoms with Gasteiger partial charge in [-0.1, -0.05) is 13.8 Å². The van der Waals surface area contributed by atoms with Crippen molar-refractivity contribution >= 4 is 15.7 Å². The number of nitrogens with zero attached hydrogens (tertiary/aromatic N) is 1. The molecular formula is C14H24FN3O2S. The molecule has 7 heteroatoms. The smallest absolute Gasteiger partial charge is 0.243 e. The molecule has 21 heavy (non-hydrogen) atoms. The van der Waals surface area contributed by atoms with Gasteiger partial charge in [0.1, 0.15) is 10.7 Å². The molecule has 0 aromatic heterocycles. The average Bonchev–Trinajstić information content (AvgIpc) is 2.39. The van der Waals surface area contributed by atoms with E-state index < -0.39 is 20.7 Å². The van der Waals surface area contributed by atoms with E-state index in [2.05, 4.69) is 9.62 Å². The zero-order valence-electron chi connectivity index (χ0n) is 13.0. The summed E-state index contributed by atoms with van der Waals surface area (Å²) in [5.41, 5.74) is 6.05. The van der Waals surface area contributed by atoms with Gasteiger partial charge in [-0.3, -0.25) is 0 Å². The molecule has 0 heterocycles. The third-order valence-electron chi connectivity index (χ3n) is 3.32. The molecular weight excluding hydrogens is 293 g/mol.